The average molecular weight is 182 g/mol. The third kappa shape index (κ3) is 2.54. The van der Waals surface area contributed by atoms with E-state index < -0.39 is 0 Å². The molecule has 0 aromatic carbocycles. The molecule has 1 heterocycles. The normalized spacial score (nSPS) is 17.1. The van der Waals surface area contributed by atoms with Crippen molar-refractivity contribution in [3.05, 3.63) is 0 Å². The van der Waals surface area contributed by atoms with Crippen LogP contribution in [0.25, 0.3) is 0 Å². The van der Waals surface area contributed by atoms with Crippen LogP contribution in [0.3, 0.4) is 0 Å². The molecule has 1 aliphatic rings. The maximum atomic E-state index is 11.4. The summed E-state index contributed by atoms with van der Waals surface area (Å²) in [6, 6.07) is 0.201. The van der Waals surface area contributed by atoms with Gasteiger partial charge in [0, 0.05) is 11.8 Å². The summed E-state index contributed by atoms with van der Waals surface area (Å²) < 4.78 is 0. The topological polar surface area (TPSA) is 32.7 Å². The predicted octanol–water partition coefficient (Wildman–Crippen LogP) is 2.17. The third-order valence-corrected chi connectivity index (χ3v) is 2.17. The second-order valence-electron chi connectivity index (χ2n) is 3.78. The summed E-state index contributed by atoms with van der Waals surface area (Å²) in [5.41, 5.74) is 1.06. The first-order valence-electron chi connectivity index (χ1n) is 5.03. The van der Waals surface area contributed by atoms with Crippen molar-refractivity contribution in [3.63, 3.8) is 0 Å². The molecule has 0 saturated carbocycles. The number of rotatable bonds is 4. The minimum absolute atomic E-state index is 0.154. The van der Waals surface area contributed by atoms with Crippen LogP contribution in [0.4, 0.5) is 0 Å². The van der Waals surface area contributed by atoms with Crippen LogP contribution in [0, 0.1) is 0 Å². The lowest BCUT2D eigenvalue weighted by Crippen LogP contribution is -2.27. The zero-order valence-electron chi connectivity index (χ0n) is 8.71. The first kappa shape index (κ1) is 10.2. The van der Waals surface area contributed by atoms with E-state index in [9.17, 15) is 4.79 Å². The molecule has 0 bridgehead atoms. The number of carbonyl (C=O) groups excluding carboxylic acids is 1. The molecule has 0 aromatic rings. The van der Waals surface area contributed by atoms with Gasteiger partial charge in [0.15, 0.2) is 0 Å². The molecule has 1 aliphatic heterocycles. The van der Waals surface area contributed by atoms with E-state index in [2.05, 4.69) is 12.0 Å². The Morgan fingerprint density at radius 2 is 2.23 bits per heavy atom. The monoisotopic (exact) mass is 182 g/mol. The summed E-state index contributed by atoms with van der Waals surface area (Å²) in [4.78, 5) is 11.4. The zero-order valence-corrected chi connectivity index (χ0v) is 8.71. The van der Waals surface area contributed by atoms with Gasteiger partial charge in [-0.15, -0.1) is 0 Å². The van der Waals surface area contributed by atoms with Crippen LogP contribution in [0.15, 0.2) is 5.10 Å². The number of unbranched alkanes of at least 4 members (excludes halogenated alkanes) is 1. The molecular formula is C10H18N2O. The van der Waals surface area contributed by atoms with E-state index in [1.807, 2.05) is 13.8 Å². The molecule has 1 amide bonds. The molecule has 0 aliphatic carbocycles. The maximum absolute atomic E-state index is 11.4. The zero-order chi connectivity index (χ0) is 9.84. The van der Waals surface area contributed by atoms with E-state index in [1.165, 1.54) is 0 Å². The van der Waals surface area contributed by atoms with Gasteiger partial charge in [-0.2, -0.15) is 5.10 Å². The van der Waals surface area contributed by atoms with Gasteiger partial charge in [0.2, 0.25) is 5.91 Å². The standard InChI is InChI=1S/C10H18N2O/c1-4-5-6-9-7-10(13)12(11-9)8(2)3/h8H,4-7H2,1-3H3. The Kier molecular flexibility index (Phi) is 3.46. The molecule has 0 saturated heterocycles. The van der Waals surface area contributed by atoms with Gasteiger partial charge in [0.25, 0.3) is 0 Å². The van der Waals surface area contributed by atoms with Crippen LogP contribution in [0.2, 0.25) is 0 Å². The van der Waals surface area contributed by atoms with Gasteiger partial charge in [-0.05, 0) is 26.7 Å². The van der Waals surface area contributed by atoms with E-state index in [4.69, 9.17) is 0 Å². The number of hydrogen-bond acceptors (Lipinski definition) is 2. The molecule has 0 spiro atoms. The van der Waals surface area contributed by atoms with Crippen LogP contribution in [0.5, 0.6) is 0 Å². The smallest absolute Gasteiger partial charge is 0.248 e. The summed E-state index contributed by atoms with van der Waals surface area (Å²) in [6.07, 6.45) is 3.82. The molecule has 3 heteroatoms. The van der Waals surface area contributed by atoms with Crippen molar-refractivity contribution < 1.29 is 4.79 Å². The minimum atomic E-state index is 0.154. The average Bonchev–Trinajstić information content (AvgIpc) is 2.43. The Bertz CT molecular complexity index is 221. The fraction of sp³-hybridized carbons (Fsp3) is 0.800. The number of carbonyl (C=O) groups is 1. The lowest BCUT2D eigenvalue weighted by atomic mass is 10.1. The van der Waals surface area contributed by atoms with Crippen molar-refractivity contribution in [2.24, 2.45) is 5.10 Å². The highest BCUT2D eigenvalue weighted by Gasteiger charge is 2.24. The predicted molar refractivity (Wildman–Crippen MR) is 53.6 cm³/mol. The fourth-order valence-corrected chi connectivity index (χ4v) is 1.42. The number of hydrogen-bond donors (Lipinski definition) is 0. The van der Waals surface area contributed by atoms with Gasteiger partial charge in [-0.1, -0.05) is 13.3 Å². The van der Waals surface area contributed by atoms with Gasteiger partial charge < -0.3 is 0 Å². The summed E-state index contributed by atoms with van der Waals surface area (Å²) in [5, 5.41) is 5.91. The quantitative estimate of drug-likeness (QED) is 0.655. The minimum Gasteiger partial charge on any atom is -0.273 e. The van der Waals surface area contributed by atoms with Crippen molar-refractivity contribution in [2.45, 2.75) is 52.5 Å². The van der Waals surface area contributed by atoms with Crippen LogP contribution < -0.4 is 0 Å². The molecule has 1 rings (SSSR count). The highest BCUT2D eigenvalue weighted by atomic mass is 16.2. The van der Waals surface area contributed by atoms with Crippen molar-refractivity contribution in [1.82, 2.24) is 5.01 Å². The SMILES string of the molecule is CCCCC1=NN(C(C)C)C(=O)C1. The largest absolute Gasteiger partial charge is 0.273 e. The second-order valence-corrected chi connectivity index (χ2v) is 3.78. The van der Waals surface area contributed by atoms with E-state index in [1.54, 1.807) is 5.01 Å². The molecule has 74 valence electrons. The lowest BCUT2D eigenvalue weighted by molar-refractivity contribution is -0.130. The molecule has 0 atom stereocenters. The Balaban J connectivity index is 2.51. The van der Waals surface area contributed by atoms with Gasteiger partial charge in [0.05, 0.1) is 6.42 Å². The second kappa shape index (κ2) is 4.40. The summed E-state index contributed by atoms with van der Waals surface area (Å²) in [5.74, 6) is 0.154. The van der Waals surface area contributed by atoms with Gasteiger partial charge in [-0.3, -0.25) is 4.79 Å². The molecular weight excluding hydrogens is 164 g/mol. The first-order chi connectivity index (χ1) is 6.15. The van der Waals surface area contributed by atoms with Gasteiger partial charge in [-0.25, -0.2) is 5.01 Å². The summed E-state index contributed by atoms with van der Waals surface area (Å²) >= 11 is 0. The maximum Gasteiger partial charge on any atom is 0.248 e. The van der Waals surface area contributed by atoms with Gasteiger partial charge in [0.1, 0.15) is 0 Å². The van der Waals surface area contributed by atoms with E-state index in [0.717, 1.165) is 25.0 Å². The van der Waals surface area contributed by atoms with Gasteiger partial charge >= 0.3 is 0 Å². The summed E-state index contributed by atoms with van der Waals surface area (Å²) in [7, 11) is 0. The molecule has 3 nitrogen and oxygen atoms in total. The van der Waals surface area contributed by atoms with E-state index >= 15 is 0 Å². The molecule has 0 radical (unpaired) electrons. The Morgan fingerprint density at radius 1 is 1.54 bits per heavy atom. The molecule has 0 aromatic heterocycles. The Hall–Kier alpha value is -0.860. The fourth-order valence-electron chi connectivity index (χ4n) is 1.42. The highest BCUT2D eigenvalue weighted by molar-refractivity contribution is 6.04. The van der Waals surface area contributed by atoms with Crippen LogP contribution in [-0.4, -0.2) is 22.7 Å². The first-order valence-corrected chi connectivity index (χ1v) is 5.03. The van der Waals surface area contributed by atoms with E-state index in [0.29, 0.717) is 6.42 Å². The van der Waals surface area contributed by atoms with Crippen molar-refractivity contribution in [2.75, 3.05) is 0 Å². The van der Waals surface area contributed by atoms with Crippen LogP contribution >= 0.6 is 0 Å². The van der Waals surface area contributed by atoms with Crippen LogP contribution in [0.1, 0.15) is 46.5 Å². The van der Waals surface area contributed by atoms with Crippen LogP contribution in [-0.2, 0) is 4.79 Å². The Morgan fingerprint density at radius 3 is 2.69 bits per heavy atom. The number of hydrazone groups is 1. The number of amides is 1. The Labute approximate surface area is 79.8 Å². The molecule has 0 fully saturated rings. The molecule has 13 heavy (non-hydrogen) atoms. The number of nitrogens with zero attached hydrogens (tertiary/aromatic N) is 2. The molecule has 0 N–H and O–H groups in total. The van der Waals surface area contributed by atoms with Crippen molar-refractivity contribution >= 4 is 11.6 Å². The van der Waals surface area contributed by atoms with E-state index in [-0.39, 0.29) is 11.9 Å². The lowest BCUT2D eigenvalue weighted by Gasteiger charge is -2.15. The third-order valence-electron chi connectivity index (χ3n) is 2.17. The highest BCUT2D eigenvalue weighted by Crippen LogP contribution is 2.15. The van der Waals surface area contributed by atoms with Crippen molar-refractivity contribution in [1.29, 1.82) is 0 Å². The summed E-state index contributed by atoms with van der Waals surface area (Å²) in [6.45, 7) is 6.13. The molecule has 0 unspecified atom stereocenters. The van der Waals surface area contributed by atoms with Crippen molar-refractivity contribution in [3.8, 4) is 0 Å².